The zero-order valence-corrected chi connectivity index (χ0v) is 22.3. The summed E-state index contributed by atoms with van der Waals surface area (Å²) in [6.07, 6.45) is 2.33. The van der Waals surface area contributed by atoms with Crippen molar-refractivity contribution in [2.45, 2.75) is 12.5 Å². The number of aromatic hydroxyl groups is 1. The molecule has 0 radical (unpaired) electrons. The van der Waals surface area contributed by atoms with Gasteiger partial charge in [-0.2, -0.15) is 0 Å². The largest absolute Gasteiger partial charge is 0.507 e. The monoisotopic (exact) mass is 547 g/mol. The molecule has 2 fully saturated rings. The molecule has 10 nitrogen and oxygen atoms in total. The standard InChI is InChI=1S/C28H29N5O5S/c1-38-27-21(3-2-9-29-27)18-5-7-25(34)22(15-18)26-30-23-6-4-19(16-24(23)31-26)28(35)33-12-10-32(11-13-33)20-8-14-39(36,37)17-20/h2-7,9,15-16,20,34H,8,10-14,17H2,1H3,(H,30,31). The quantitative estimate of drug-likeness (QED) is 0.390. The van der Waals surface area contributed by atoms with Crippen LogP contribution in [0.25, 0.3) is 33.5 Å². The summed E-state index contributed by atoms with van der Waals surface area (Å²) >= 11 is 0. The first-order valence-electron chi connectivity index (χ1n) is 12.9. The van der Waals surface area contributed by atoms with Gasteiger partial charge in [-0.25, -0.2) is 18.4 Å². The maximum Gasteiger partial charge on any atom is 0.254 e. The molecule has 6 rings (SSSR count). The predicted octanol–water partition coefficient (Wildman–Crippen LogP) is 2.95. The molecule has 0 aliphatic carbocycles. The molecule has 2 aliphatic heterocycles. The minimum atomic E-state index is -2.93. The molecule has 2 aromatic carbocycles. The third kappa shape index (κ3) is 4.95. The number of amides is 1. The van der Waals surface area contributed by atoms with Crippen LogP contribution in [0.4, 0.5) is 0 Å². The van der Waals surface area contributed by atoms with Crippen molar-refractivity contribution in [3.63, 3.8) is 0 Å². The summed E-state index contributed by atoms with van der Waals surface area (Å²) in [6, 6.07) is 14.4. The number of phenols is 1. The van der Waals surface area contributed by atoms with E-state index in [1.807, 2.05) is 23.1 Å². The molecule has 2 aliphatic rings. The number of aromatic amines is 1. The average molecular weight is 548 g/mol. The highest BCUT2D eigenvalue weighted by atomic mass is 32.2. The molecular weight excluding hydrogens is 518 g/mol. The first-order chi connectivity index (χ1) is 18.8. The van der Waals surface area contributed by atoms with E-state index in [-0.39, 0.29) is 29.2 Å². The van der Waals surface area contributed by atoms with Crippen LogP contribution in [0.1, 0.15) is 16.8 Å². The Morgan fingerprint density at radius 2 is 1.90 bits per heavy atom. The number of piperazine rings is 1. The number of ether oxygens (including phenoxy) is 1. The highest BCUT2D eigenvalue weighted by Gasteiger charge is 2.34. The number of aromatic nitrogens is 3. The van der Waals surface area contributed by atoms with Crippen molar-refractivity contribution in [2.75, 3.05) is 44.8 Å². The molecule has 1 unspecified atom stereocenters. The summed E-state index contributed by atoms with van der Waals surface area (Å²) in [5, 5.41) is 10.6. The number of nitrogens with zero attached hydrogens (tertiary/aromatic N) is 4. The molecular formula is C28H29N5O5S. The molecule has 1 atom stereocenters. The summed E-state index contributed by atoms with van der Waals surface area (Å²) in [5.74, 6) is 1.44. The number of imidazole rings is 1. The molecule has 39 heavy (non-hydrogen) atoms. The van der Waals surface area contributed by atoms with Crippen molar-refractivity contribution in [1.82, 2.24) is 24.8 Å². The van der Waals surface area contributed by atoms with Crippen LogP contribution in [-0.4, -0.2) is 95.0 Å². The fourth-order valence-electron chi connectivity index (χ4n) is 5.47. The van der Waals surface area contributed by atoms with Crippen molar-refractivity contribution in [3.05, 3.63) is 60.3 Å². The Bertz CT molecular complexity index is 1660. The van der Waals surface area contributed by atoms with Gasteiger partial charge < -0.3 is 19.7 Å². The van der Waals surface area contributed by atoms with Crippen LogP contribution in [0.5, 0.6) is 11.6 Å². The Labute approximate surface area is 226 Å². The number of hydrogen-bond donors (Lipinski definition) is 2. The molecule has 1 amide bonds. The van der Waals surface area contributed by atoms with Crippen molar-refractivity contribution in [2.24, 2.45) is 0 Å². The Kier molecular flexibility index (Phi) is 6.48. The van der Waals surface area contributed by atoms with Gasteiger partial charge in [0.15, 0.2) is 9.84 Å². The van der Waals surface area contributed by atoms with E-state index >= 15 is 0 Å². The number of phenolic OH excluding ortho intramolecular Hbond substituents is 1. The van der Waals surface area contributed by atoms with Gasteiger partial charge in [0, 0.05) is 49.5 Å². The number of pyridine rings is 1. The topological polar surface area (TPSA) is 129 Å². The van der Waals surface area contributed by atoms with Crippen LogP contribution in [0.2, 0.25) is 0 Å². The molecule has 4 aromatic rings. The number of rotatable bonds is 5. The average Bonchev–Trinajstić information content (AvgIpc) is 3.55. The second kappa shape index (κ2) is 9.97. The molecule has 2 saturated heterocycles. The number of carbonyl (C=O) groups excluding carboxylic acids is 1. The molecule has 202 valence electrons. The number of hydrogen-bond acceptors (Lipinski definition) is 8. The smallest absolute Gasteiger partial charge is 0.254 e. The van der Waals surface area contributed by atoms with Gasteiger partial charge in [0.2, 0.25) is 5.88 Å². The minimum absolute atomic E-state index is 0.0566. The lowest BCUT2D eigenvalue weighted by atomic mass is 10.0. The van der Waals surface area contributed by atoms with Crippen LogP contribution >= 0.6 is 0 Å². The molecule has 11 heteroatoms. The number of fused-ring (bicyclic) bond motifs is 1. The molecule has 0 bridgehead atoms. The third-order valence-corrected chi connectivity index (χ3v) is 9.33. The maximum absolute atomic E-state index is 13.3. The van der Waals surface area contributed by atoms with Gasteiger partial charge in [-0.3, -0.25) is 9.69 Å². The first kappa shape index (κ1) is 25.3. The van der Waals surface area contributed by atoms with Crippen LogP contribution in [0.3, 0.4) is 0 Å². The van der Waals surface area contributed by atoms with Crippen molar-refractivity contribution >= 4 is 26.8 Å². The molecule has 0 spiro atoms. The lowest BCUT2D eigenvalue weighted by Crippen LogP contribution is -2.52. The van der Waals surface area contributed by atoms with Gasteiger partial charge in [0.1, 0.15) is 11.6 Å². The van der Waals surface area contributed by atoms with Crippen molar-refractivity contribution in [3.8, 4) is 34.1 Å². The van der Waals surface area contributed by atoms with E-state index in [2.05, 4.69) is 19.9 Å². The van der Waals surface area contributed by atoms with E-state index in [9.17, 15) is 18.3 Å². The molecule has 0 saturated carbocycles. The van der Waals surface area contributed by atoms with E-state index in [4.69, 9.17) is 4.74 Å². The van der Waals surface area contributed by atoms with Crippen LogP contribution in [-0.2, 0) is 9.84 Å². The van der Waals surface area contributed by atoms with Gasteiger partial charge >= 0.3 is 0 Å². The number of benzene rings is 2. The van der Waals surface area contributed by atoms with Crippen molar-refractivity contribution in [1.29, 1.82) is 0 Å². The van der Waals surface area contributed by atoms with E-state index in [0.717, 1.165) is 11.1 Å². The van der Waals surface area contributed by atoms with Gasteiger partial charge in [0.05, 0.1) is 35.2 Å². The summed E-state index contributed by atoms with van der Waals surface area (Å²) in [4.78, 5) is 29.5. The number of sulfone groups is 1. The van der Waals surface area contributed by atoms with Gasteiger partial charge in [-0.1, -0.05) is 6.07 Å². The summed E-state index contributed by atoms with van der Waals surface area (Å²) in [6.45, 7) is 2.44. The molecule has 2 aromatic heterocycles. The van der Waals surface area contributed by atoms with Crippen LogP contribution < -0.4 is 4.74 Å². The number of methoxy groups -OCH3 is 1. The Morgan fingerprint density at radius 1 is 1.08 bits per heavy atom. The summed E-state index contributed by atoms with van der Waals surface area (Å²) < 4.78 is 29.1. The van der Waals surface area contributed by atoms with Gasteiger partial charge in [-0.15, -0.1) is 0 Å². The fourth-order valence-corrected chi connectivity index (χ4v) is 7.23. The zero-order chi connectivity index (χ0) is 27.1. The normalized spacial score (nSPS) is 19.4. The SMILES string of the molecule is COc1ncccc1-c1ccc(O)c(-c2nc3ccc(C(=O)N4CCN(C5CCS(=O)(=O)C5)CC4)cc3[nH]2)c1. The third-order valence-electron chi connectivity index (χ3n) is 7.58. The van der Waals surface area contributed by atoms with Crippen LogP contribution in [0.15, 0.2) is 54.7 Å². The fraction of sp³-hybridized carbons (Fsp3) is 0.321. The Hall–Kier alpha value is -3.96. The highest BCUT2D eigenvalue weighted by molar-refractivity contribution is 7.91. The summed E-state index contributed by atoms with van der Waals surface area (Å²) in [7, 11) is -1.37. The zero-order valence-electron chi connectivity index (χ0n) is 21.5. The second-order valence-electron chi connectivity index (χ2n) is 9.99. The number of carbonyl (C=O) groups is 1. The lowest BCUT2D eigenvalue weighted by Gasteiger charge is -2.37. The predicted molar refractivity (Wildman–Crippen MR) is 148 cm³/mol. The second-order valence-corrected chi connectivity index (χ2v) is 12.2. The maximum atomic E-state index is 13.3. The van der Waals surface area contributed by atoms with E-state index in [1.54, 1.807) is 43.6 Å². The lowest BCUT2D eigenvalue weighted by molar-refractivity contribution is 0.0588. The minimum Gasteiger partial charge on any atom is -0.507 e. The number of nitrogens with one attached hydrogen (secondary N) is 1. The summed E-state index contributed by atoms with van der Waals surface area (Å²) in [5.41, 5.74) is 4.05. The Morgan fingerprint density at radius 3 is 2.64 bits per heavy atom. The van der Waals surface area contributed by atoms with E-state index < -0.39 is 9.84 Å². The highest BCUT2D eigenvalue weighted by Crippen LogP contribution is 2.35. The van der Waals surface area contributed by atoms with Crippen molar-refractivity contribution < 1.29 is 23.1 Å². The number of H-pyrrole nitrogens is 1. The van der Waals surface area contributed by atoms with Gasteiger partial charge in [-0.05, 0) is 54.4 Å². The molecule has 4 heterocycles. The Balaban J connectivity index is 1.21. The first-order valence-corrected chi connectivity index (χ1v) is 14.7. The molecule has 2 N–H and O–H groups in total. The van der Waals surface area contributed by atoms with Gasteiger partial charge in [0.25, 0.3) is 5.91 Å². The van der Waals surface area contributed by atoms with Crippen LogP contribution in [0, 0.1) is 0 Å². The van der Waals surface area contributed by atoms with E-state index in [1.165, 1.54) is 0 Å². The van der Waals surface area contributed by atoms with E-state index in [0.29, 0.717) is 66.5 Å².